The van der Waals surface area contributed by atoms with Crippen LogP contribution in [0.1, 0.15) is 41.4 Å². The Labute approximate surface area is 202 Å². The summed E-state index contributed by atoms with van der Waals surface area (Å²) in [5, 5.41) is 8.21. The van der Waals surface area contributed by atoms with Crippen molar-refractivity contribution in [3.05, 3.63) is 101 Å². The second-order valence-corrected chi connectivity index (χ2v) is 8.65. The van der Waals surface area contributed by atoms with Gasteiger partial charge in [-0.05, 0) is 30.7 Å². The van der Waals surface area contributed by atoms with E-state index < -0.39 is 0 Å². The predicted molar refractivity (Wildman–Crippen MR) is 135 cm³/mol. The third-order valence-electron chi connectivity index (χ3n) is 5.25. The number of rotatable bonds is 8. The van der Waals surface area contributed by atoms with Crippen LogP contribution in [0.25, 0.3) is 11.3 Å². The number of carbonyl (C=O) groups is 2. The molecule has 172 valence electrons. The van der Waals surface area contributed by atoms with Gasteiger partial charge in [0.1, 0.15) is 12.4 Å². The summed E-state index contributed by atoms with van der Waals surface area (Å²) in [7, 11) is 0. The second-order valence-electron chi connectivity index (χ2n) is 7.80. The minimum absolute atomic E-state index is 0.0651. The summed E-state index contributed by atoms with van der Waals surface area (Å²) in [6, 6.07) is 24.7. The average Bonchev–Trinajstić information content (AvgIpc) is 3.31. The van der Waals surface area contributed by atoms with Gasteiger partial charge in [0, 0.05) is 29.0 Å². The molecule has 0 bridgehead atoms. The number of hydrogen-bond acceptors (Lipinski definition) is 5. The van der Waals surface area contributed by atoms with Crippen molar-refractivity contribution < 1.29 is 14.3 Å². The minimum Gasteiger partial charge on any atom is -0.489 e. The van der Waals surface area contributed by atoms with E-state index >= 15 is 0 Å². The number of anilines is 1. The minimum atomic E-state index is -0.229. The summed E-state index contributed by atoms with van der Waals surface area (Å²) in [4.78, 5) is 28.8. The van der Waals surface area contributed by atoms with Crippen LogP contribution in [-0.2, 0) is 11.4 Å². The van der Waals surface area contributed by atoms with Crippen molar-refractivity contribution in [2.75, 3.05) is 5.32 Å². The number of carbonyl (C=O) groups excluding carboxylic acids is 2. The van der Waals surface area contributed by atoms with Crippen LogP contribution in [0.4, 0.5) is 5.13 Å². The highest BCUT2D eigenvalue weighted by atomic mass is 32.1. The molecule has 2 amide bonds. The Morgan fingerprint density at radius 3 is 2.41 bits per heavy atom. The van der Waals surface area contributed by atoms with E-state index in [2.05, 4.69) is 15.6 Å². The smallest absolute Gasteiger partial charge is 0.257 e. The van der Waals surface area contributed by atoms with Crippen molar-refractivity contribution in [2.24, 2.45) is 0 Å². The molecule has 1 unspecified atom stereocenters. The molecule has 0 saturated carbocycles. The summed E-state index contributed by atoms with van der Waals surface area (Å²) in [6.45, 7) is 3.74. The van der Waals surface area contributed by atoms with E-state index in [1.54, 1.807) is 6.07 Å². The normalized spacial score (nSPS) is 11.5. The van der Waals surface area contributed by atoms with Crippen molar-refractivity contribution in [1.29, 1.82) is 0 Å². The Bertz CT molecular complexity index is 1270. The number of hydrogen-bond donors (Lipinski definition) is 2. The fraction of sp³-hybridized carbons (Fsp3) is 0.148. The Kier molecular flexibility index (Phi) is 7.34. The fourth-order valence-electron chi connectivity index (χ4n) is 3.50. The van der Waals surface area contributed by atoms with Crippen LogP contribution in [0.3, 0.4) is 0 Å². The topological polar surface area (TPSA) is 80.3 Å². The van der Waals surface area contributed by atoms with Crippen molar-refractivity contribution in [3.63, 3.8) is 0 Å². The van der Waals surface area contributed by atoms with Crippen molar-refractivity contribution >= 4 is 28.3 Å². The van der Waals surface area contributed by atoms with Gasteiger partial charge in [0.15, 0.2) is 5.13 Å². The number of nitrogens with one attached hydrogen (secondary N) is 2. The van der Waals surface area contributed by atoms with Gasteiger partial charge in [-0.2, -0.15) is 0 Å². The maximum Gasteiger partial charge on any atom is 0.257 e. The van der Waals surface area contributed by atoms with Crippen molar-refractivity contribution in [3.8, 4) is 17.0 Å². The van der Waals surface area contributed by atoms with E-state index in [4.69, 9.17) is 4.74 Å². The van der Waals surface area contributed by atoms with Crippen molar-refractivity contribution in [2.45, 2.75) is 26.5 Å². The van der Waals surface area contributed by atoms with Gasteiger partial charge in [0.25, 0.3) is 5.91 Å². The third-order valence-corrected chi connectivity index (χ3v) is 6.01. The van der Waals surface area contributed by atoms with E-state index in [1.165, 1.54) is 18.3 Å². The van der Waals surface area contributed by atoms with Crippen LogP contribution in [-0.4, -0.2) is 16.8 Å². The predicted octanol–water partition coefficient (Wildman–Crippen LogP) is 5.84. The lowest BCUT2D eigenvalue weighted by Crippen LogP contribution is -2.23. The van der Waals surface area contributed by atoms with Crippen LogP contribution in [0.5, 0.6) is 5.75 Å². The molecule has 6 nitrogen and oxygen atoms in total. The lowest BCUT2D eigenvalue weighted by atomic mass is 10.1. The molecule has 2 N–H and O–H groups in total. The molecule has 4 rings (SSSR count). The van der Waals surface area contributed by atoms with E-state index in [9.17, 15) is 9.59 Å². The monoisotopic (exact) mass is 471 g/mol. The molecule has 7 heteroatoms. The first kappa shape index (κ1) is 23.2. The number of nitrogens with zero attached hydrogens (tertiary/aromatic N) is 1. The molecule has 1 heterocycles. The SMILES string of the molecule is CC(=O)NC(C)c1ccc(-c2csc(NC(=O)c3ccccc3COc3ccccc3)n2)cc1. The first-order valence-corrected chi connectivity index (χ1v) is 11.8. The molecule has 0 aliphatic rings. The van der Waals surface area contributed by atoms with E-state index in [0.717, 1.165) is 28.1 Å². The molecule has 3 aromatic carbocycles. The maximum atomic E-state index is 13.0. The quantitative estimate of drug-likeness (QED) is 0.338. The molecule has 0 radical (unpaired) electrons. The highest BCUT2D eigenvalue weighted by Crippen LogP contribution is 2.27. The number of ether oxygens (including phenoxy) is 1. The van der Waals surface area contributed by atoms with Crippen LogP contribution in [0.2, 0.25) is 0 Å². The molecule has 0 aliphatic heterocycles. The van der Waals surface area contributed by atoms with Gasteiger partial charge < -0.3 is 10.1 Å². The molecule has 1 aromatic heterocycles. The van der Waals surface area contributed by atoms with Crippen LogP contribution < -0.4 is 15.4 Å². The summed E-state index contributed by atoms with van der Waals surface area (Å²) in [5.41, 5.74) is 4.07. The second kappa shape index (κ2) is 10.8. The number of aromatic nitrogens is 1. The number of para-hydroxylation sites is 1. The van der Waals surface area contributed by atoms with Gasteiger partial charge in [0.2, 0.25) is 5.91 Å². The zero-order valence-corrected chi connectivity index (χ0v) is 19.8. The highest BCUT2D eigenvalue weighted by Gasteiger charge is 2.14. The third kappa shape index (κ3) is 5.88. The Balaban J connectivity index is 1.42. The number of amides is 2. The van der Waals surface area contributed by atoms with Gasteiger partial charge in [-0.1, -0.05) is 60.7 Å². The van der Waals surface area contributed by atoms with Crippen LogP contribution in [0.15, 0.2) is 84.2 Å². The van der Waals surface area contributed by atoms with Gasteiger partial charge >= 0.3 is 0 Å². The molecular formula is C27H25N3O3S. The summed E-state index contributed by atoms with van der Waals surface area (Å²) >= 11 is 1.37. The largest absolute Gasteiger partial charge is 0.489 e. The summed E-state index contributed by atoms with van der Waals surface area (Å²) in [6.07, 6.45) is 0. The van der Waals surface area contributed by atoms with Gasteiger partial charge in [-0.25, -0.2) is 4.98 Å². The lowest BCUT2D eigenvalue weighted by Gasteiger charge is -2.13. The first-order valence-electron chi connectivity index (χ1n) is 10.9. The molecule has 1 atom stereocenters. The molecule has 0 fully saturated rings. The molecular weight excluding hydrogens is 446 g/mol. The maximum absolute atomic E-state index is 13.0. The average molecular weight is 472 g/mol. The number of benzene rings is 3. The first-order chi connectivity index (χ1) is 16.5. The lowest BCUT2D eigenvalue weighted by molar-refractivity contribution is -0.119. The standard InChI is InChI=1S/C27H25N3O3S/c1-18(28-19(2)31)20-12-14-21(15-13-20)25-17-34-27(29-25)30-26(32)24-11-7-6-8-22(24)16-33-23-9-4-3-5-10-23/h3-15,17-18H,16H2,1-2H3,(H,28,31)(H,29,30,32). The Morgan fingerprint density at radius 2 is 1.68 bits per heavy atom. The summed E-state index contributed by atoms with van der Waals surface area (Å²) < 4.78 is 5.83. The Morgan fingerprint density at radius 1 is 0.971 bits per heavy atom. The molecule has 34 heavy (non-hydrogen) atoms. The van der Waals surface area contributed by atoms with Gasteiger partial charge in [-0.3, -0.25) is 14.9 Å². The van der Waals surface area contributed by atoms with E-state index in [-0.39, 0.29) is 17.9 Å². The molecule has 0 spiro atoms. The van der Waals surface area contributed by atoms with Crippen LogP contribution >= 0.6 is 11.3 Å². The van der Waals surface area contributed by atoms with E-state index in [0.29, 0.717) is 17.3 Å². The summed E-state index contributed by atoms with van der Waals surface area (Å²) in [5.74, 6) is 0.456. The zero-order chi connectivity index (χ0) is 23.9. The highest BCUT2D eigenvalue weighted by molar-refractivity contribution is 7.14. The Hall–Kier alpha value is -3.97. The molecule has 0 saturated heterocycles. The zero-order valence-electron chi connectivity index (χ0n) is 18.9. The van der Waals surface area contributed by atoms with Crippen LogP contribution in [0, 0.1) is 0 Å². The van der Waals surface area contributed by atoms with Crippen molar-refractivity contribution in [1.82, 2.24) is 10.3 Å². The number of thiazole rings is 1. The van der Waals surface area contributed by atoms with Gasteiger partial charge in [-0.15, -0.1) is 11.3 Å². The molecule has 0 aliphatic carbocycles. The van der Waals surface area contributed by atoms with E-state index in [1.807, 2.05) is 85.1 Å². The fourth-order valence-corrected chi connectivity index (χ4v) is 4.22. The van der Waals surface area contributed by atoms with Gasteiger partial charge in [0.05, 0.1) is 11.7 Å². The molecule has 4 aromatic rings.